The maximum Gasteiger partial charge on any atom is 0.206 e. The van der Waals surface area contributed by atoms with E-state index in [-0.39, 0.29) is 0 Å². The molecule has 2 aliphatic heterocycles. The number of nitrogens with one attached hydrogen (secondary N) is 1. The van der Waals surface area contributed by atoms with Gasteiger partial charge < -0.3 is 10.2 Å². The summed E-state index contributed by atoms with van der Waals surface area (Å²) in [6, 6.07) is 12.3. The van der Waals surface area contributed by atoms with E-state index in [4.69, 9.17) is 0 Å². The molecular weight excluding hydrogens is 280 g/mol. The summed E-state index contributed by atoms with van der Waals surface area (Å²) >= 11 is 1.66. The van der Waals surface area contributed by atoms with Gasteiger partial charge in [0.05, 0.1) is 0 Å². The standard InChI is InChI=1S/C16H20N4S/c1-20-13-7-8-14(20)10-12(9-13)17-16-19-18-15(21-16)11-5-3-2-4-6-11/h2-6,12-14H,7-10H2,1H3,(H,17,19)/t12-,13+,14-. The van der Waals surface area contributed by atoms with E-state index >= 15 is 0 Å². The lowest BCUT2D eigenvalue weighted by Gasteiger charge is -2.36. The Bertz CT molecular complexity index is 598. The molecule has 0 unspecified atom stereocenters. The molecule has 4 rings (SSSR count). The zero-order valence-electron chi connectivity index (χ0n) is 12.2. The number of benzene rings is 1. The first-order valence-corrected chi connectivity index (χ1v) is 8.48. The summed E-state index contributed by atoms with van der Waals surface area (Å²) in [5, 5.41) is 14.2. The van der Waals surface area contributed by atoms with Crippen molar-refractivity contribution in [1.29, 1.82) is 0 Å². The van der Waals surface area contributed by atoms with Crippen molar-refractivity contribution in [3.8, 4) is 10.6 Å². The van der Waals surface area contributed by atoms with Gasteiger partial charge in [-0.15, -0.1) is 10.2 Å². The number of nitrogens with zero attached hydrogens (tertiary/aromatic N) is 3. The van der Waals surface area contributed by atoms with E-state index in [0.29, 0.717) is 6.04 Å². The van der Waals surface area contributed by atoms with Crippen LogP contribution in [-0.2, 0) is 0 Å². The highest BCUT2D eigenvalue weighted by Crippen LogP contribution is 2.36. The van der Waals surface area contributed by atoms with Crippen LogP contribution in [0.5, 0.6) is 0 Å². The van der Waals surface area contributed by atoms with Crippen molar-refractivity contribution in [1.82, 2.24) is 15.1 Å². The number of hydrogen-bond donors (Lipinski definition) is 1. The fraction of sp³-hybridized carbons (Fsp3) is 0.500. The minimum Gasteiger partial charge on any atom is -0.357 e. The molecule has 0 saturated carbocycles. The van der Waals surface area contributed by atoms with Crippen LogP contribution in [0, 0.1) is 0 Å². The van der Waals surface area contributed by atoms with Gasteiger partial charge in [0, 0.05) is 23.7 Å². The number of anilines is 1. The van der Waals surface area contributed by atoms with E-state index in [0.717, 1.165) is 27.8 Å². The third-order valence-electron chi connectivity index (χ3n) is 4.87. The Hall–Kier alpha value is -1.46. The molecule has 21 heavy (non-hydrogen) atoms. The van der Waals surface area contributed by atoms with Crippen LogP contribution < -0.4 is 5.32 Å². The van der Waals surface area contributed by atoms with Crippen LogP contribution >= 0.6 is 11.3 Å². The monoisotopic (exact) mass is 300 g/mol. The molecule has 2 fully saturated rings. The Morgan fingerprint density at radius 2 is 1.81 bits per heavy atom. The SMILES string of the molecule is CN1[C@@H]2CC[C@H]1C[C@@H](Nc1nnc(-c3ccccc3)s1)C2. The lowest BCUT2D eigenvalue weighted by Crippen LogP contribution is -2.44. The minimum absolute atomic E-state index is 0.551. The molecule has 2 aliphatic rings. The highest BCUT2D eigenvalue weighted by Gasteiger charge is 2.38. The summed E-state index contributed by atoms with van der Waals surface area (Å²) in [6.45, 7) is 0. The molecule has 1 N–H and O–H groups in total. The number of rotatable bonds is 3. The topological polar surface area (TPSA) is 41.0 Å². The van der Waals surface area contributed by atoms with E-state index in [9.17, 15) is 0 Å². The predicted octanol–water partition coefficient (Wildman–Crippen LogP) is 3.24. The van der Waals surface area contributed by atoms with Crippen molar-refractivity contribution >= 4 is 16.5 Å². The van der Waals surface area contributed by atoms with E-state index in [1.54, 1.807) is 11.3 Å². The smallest absolute Gasteiger partial charge is 0.206 e. The van der Waals surface area contributed by atoms with Crippen LogP contribution in [0.15, 0.2) is 30.3 Å². The van der Waals surface area contributed by atoms with Gasteiger partial charge in [-0.05, 0) is 32.7 Å². The summed E-state index contributed by atoms with van der Waals surface area (Å²) in [6.07, 6.45) is 5.16. The second-order valence-corrected chi connectivity index (χ2v) is 7.12. The van der Waals surface area contributed by atoms with Gasteiger partial charge in [-0.25, -0.2) is 0 Å². The number of hydrogen-bond acceptors (Lipinski definition) is 5. The van der Waals surface area contributed by atoms with Crippen LogP contribution in [-0.4, -0.2) is 40.3 Å². The molecule has 0 aliphatic carbocycles. The fourth-order valence-electron chi connectivity index (χ4n) is 3.68. The first-order valence-electron chi connectivity index (χ1n) is 7.67. The van der Waals surface area contributed by atoms with Gasteiger partial charge in [-0.3, -0.25) is 0 Å². The number of piperidine rings is 1. The van der Waals surface area contributed by atoms with Crippen LogP contribution in [0.2, 0.25) is 0 Å². The van der Waals surface area contributed by atoms with Crippen molar-refractivity contribution in [2.24, 2.45) is 0 Å². The lowest BCUT2D eigenvalue weighted by atomic mass is 9.98. The van der Waals surface area contributed by atoms with Gasteiger partial charge >= 0.3 is 0 Å². The normalized spacial score (nSPS) is 28.7. The first-order chi connectivity index (χ1) is 10.3. The van der Waals surface area contributed by atoms with Crippen molar-refractivity contribution in [3.63, 3.8) is 0 Å². The molecule has 1 aromatic heterocycles. The van der Waals surface area contributed by atoms with Gasteiger partial charge in [0.15, 0.2) is 0 Å². The molecular formula is C16H20N4S. The van der Waals surface area contributed by atoms with Crippen molar-refractivity contribution < 1.29 is 0 Å². The lowest BCUT2D eigenvalue weighted by molar-refractivity contribution is 0.169. The number of fused-ring (bicyclic) bond motifs is 2. The molecule has 2 bridgehead atoms. The largest absolute Gasteiger partial charge is 0.357 e. The van der Waals surface area contributed by atoms with Gasteiger partial charge in [-0.2, -0.15) is 0 Å². The highest BCUT2D eigenvalue weighted by atomic mass is 32.1. The second-order valence-electron chi connectivity index (χ2n) is 6.14. The minimum atomic E-state index is 0.551. The summed E-state index contributed by atoms with van der Waals surface area (Å²) in [5.74, 6) is 0. The molecule has 0 spiro atoms. The van der Waals surface area contributed by atoms with Crippen LogP contribution in [0.1, 0.15) is 25.7 Å². The third-order valence-corrected chi connectivity index (χ3v) is 5.78. The molecule has 2 saturated heterocycles. The van der Waals surface area contributed by atoms with Crippen LogP contribution in [0.3, 0.4) is 0 Å². The highest BCUT2D eigenvalue weighted by molar-refractivity contribution is 7.18. The summed E-state index contributed by atoms with van der Waals surface area (Å²) < 4.78 is 0. The van der Waals surface area contributed by atoms with Gasteiger partial charge in [-0.1, -0.05) is 41.7 Å². The Morgan fingerprint density at radius 1 is 1.10 bits per heavy atom. The molecule has 0 radical (unpaired) electrons. The molecule has 2 aromatic rings. The molecule has 1 aromatic carbocycles. The molecule has 0 amide bonds. The molecule has 3 atom stereocenters. The van der Waals surface area contributed by atoms with Crippen molar-refractivity contribution in [3.05, 3.63) is 30.3 Å². The summed E-state index contributed by atoms with van der Waals surface area (Å²) in [5.41, 5.74) is 1.14. The Morgan fingerprint density at radius 3 is 2.52 bits per heavy atom. The zero-order chi connectivity index (χ0) is 14.2. The third kappa shape index (κ3) is 2.56. The Kier molecular flexibility index (Phi) is 3.39. The van der Waals surface area contributed by atoms with E-state index in [2.05, 4.69) is 39.6 Å². The van der Waals surface area contributed by atoms with Gasteiger partial charge in [0.2, 0.25) is 5.13 Å². The average molecular weight is 300 g/mol. The maximum absolute atomic E-state index is 4.32. The van der Waals surface area contributed by atoms with E-state index in [1.807, 2.05) is 18.2 Å². The van der Waals surface area contributed by atoms with Crippen LogP contribution in [0.25, 0.3) is 10.6 Å². The Labute approximate surface area is 129 Å². The molecule has 5 heteroatoms. The van der Waals surface area contributed by atoms with Gasteiger partial charge in [0.25, 0.3) is 0 Å². The van der Waals surface area contributed by atoms with Crippen molar-refractivity contribution in [2.45, 2.75) is 43.8 Å². The van der Waals surface area contributed by atoms with Crippen LogP contribution in [0.4, 0.5) is 5.13 Å². The average Bonchev–Trinajstić information content (AvgIpc) is 3.03. The fourth-order valence-corrected chi connectivity index (χ4v) is 4.51. The first kappa shape index (κ1) is 13.2. The predicted molar refractivity (Wildman–Crippen MR) is 86.6 cm³/mol. The summed E-state index contributed by atoms with van der Waals surface area (Å²) in [7, 11) is 2.27. The quantitative estimate of drug-likeness (QED) is 0.945. The molecule has 4 nitrogen and oxygen atoms in total. The summed E-state index contributed by atoms with van der Waals surface area (Å²) in [4.78, 5) is 2.56. The zero-order valence-corrected chi connectivity index (χ0v) is 13.0. The Balaban J connectivity index is 1.45. The number of aromatic nitrogens is 2. The second kappa shape index (κ2) is 5.39. The van der Waals surface area contributed by atoms with E-state index < -0.39 is 0 Å². The maximum atomic E-state index is 4.32. The van der Waals surface area contributed by atoms with Crippen molar-refractivity contribution in [2.75, 3.05) is 12.4 Å². The molecule has 3 heterocycles. The van der Waals surface area contributed by atoms with Gasteiger partial charge in [0.1, 0.15) is 5.01 Å². The van der Waals surface area contributed by atoms with E-state index in [1.165, 1.54) is 25.7 Å². The molecule has 110 valence electrons.